The molecule has 0 spiro atoms. The highest BCUT2D eigenvalue weighted by Gasteiger charge is 2.46. The number of nitrogens with zero attached hydrogens (tertiary/aromatic N) is 1. The van der Waals surface area contributed by atoms with Crippen molar-refractivity contribution in [3.63, 3.8) is 0 Å². The van der Waals surface area contributed by atoms with E-state index in [9.17, 15) is 14.7 Å². The highest BCUT2D eigenvalue weighted by molar-refractivity contribution is 6.32. The second-order valence-electron chi connectivity index (χ2n) is 6.63. The van der Waals surface area contributed by atoms with E-state index in [1.807, 2.05) is 12.1 Å². The lowest BCUT2D eigenvalue weighted by molar-refractivity contribution is -0.142. The standard InChI is InChI=1S/C18H22ClNO4/c19-15-4-1-2-5-16(15)24-9-3-6-17(21)20-10-13(12-7-8-12)14(11-20)18(22)23/h1-2,4-5,12-14H,3,6-11H2,(H,22,23)/t13-,14+/m1/s1. The highest BCUT2D eigenvalue weighted by Crippen LogP contribution is 2.44. The number of likely N-dealkylation sites (tertiary alicyclic amines) is 1. The Hall–Kier alpha value is -1.75. The summed E-state index contributed by atoms with van der Waals surface area (Å²) in [4.78, 5) is 25.4. The lowest BCUT2D eigenvalue weighted by atomic mass is 9.92. The molecule has 0 aromatic heterocycles. The normalized spacial score (nSPS) is 23.3. The van der Waals surface area contributed by atoms with Crippen LogP contribution in [0.15, 0.2) is 24.3 Å². The van der Waals surface area contributed by atoms with Crippen LogP contribution in [0.4, 0.5) is 0 Å². The Labute approximate surface area is 146 Å². The second kappa shape index (κ2) is 7.43. The lowest BCUT2D eigenvalue weighted by Crippen LogP contribution is -2.30. The van der Waals surface area contributed by atoms with E-state index in [2.05, 4.69) is 0 Å². The van der Waals surface area contributed by atoms with Crippen molar-refractivity contribution < 1.29 is 19.4 Å². The van der Waals surface area contributed by atoms with Crippen LogP contribution < -0.4 is 4.74 Å². The molecule has 24 heavy (non-hydrogen) atoms. The maximum absolute atomic E-state index is 12.3. The number of benzene rings is 1. The van der Waals surface area contributed by atoms with Gasteiger partial charge in [0.15, 0.2) is 0 Å². The van der Waals surface area contributed by atoms with Crippen molar-refractivity contribution in [1.29, 1.82) is 0 Å². The molecule has 5 nitrogen and oxygen atoms in total. The number of hydrogen-bond donors (Lipinski definition) is 1. The molecule has 0 radical (unpaired) electrons. The fraction of sp³-hybridized carbons (Fsp3) is 0.556. The van der Waals surface area contributed by atoms with Crippen molar-refractivity contribution in [2.45, 2.75) is 25.7 Å². The van der Waals surface area contributed by atoms with Gasteiger partial charge >= 0.3 is 5.97 Å². The van der Waals surface area contributed by atoms with Gasteiger partial charge in [0.1, 0.15) is 5.75 Å². The van der Waals surface area contributed by atoms with Gasteiger partial charge < -0.3 is 14.7 Å². The third-order valence-corrected chi connectivity index (χ3v) is 5.20. The molecule has 0 bridgehead atoms. The number of para-hydroxylation sites is 1. The Morgan fingerprint density at radius 2 is 2.00 bits per heavy atom. The van der Waals surface area contributed by atoms with Gasteiger partial charge in [-0.15, -0.1) is 0 Å². The summed E-state index contributed by atoms with van der Waals surface area (Å²) in [5.74, 6) is 0.0862. The van der Waals surface area contributed by atoms with Crippen molar-refractivity contribution in [2.75, 3.05) is 19.7 Å². The van der Waals surface area contributed by atoms with E-state index >= 15 is 0 Å². The maximum Gasteiger partial charge on any atom is 0.308 e. The zero-order valence-corrected chi connectivity index (χ0v) is 14.2. The first-order chi connectivity index (χ1) is 11.6. The molecular weight excluding hydrogens is 330 g/mol. The van der Waals surface area contributed by atoms with Gasteiger partial charge in [0.05, 0.1) is 17.5 Å². The van der Waals surface area contributed by atoms with Crippen LogP contribution in [-0.4, -0.2) is 41.6 Å². The Kier molecular flexibility index (Phi) is 5.29. The number of carboxylic acids is 1. The van der Waals surface area contributed by atoms with E-state index in [0.717, 1.165) is 12.8 Å². The molecule has 1 N–H and O–H groups in total. The zero-order valence-electron chi connectivity index (χ0n) is 13.5. The zero-order chi connectivity index (χ0) is 17.1. The number of rotatable bonds is 7. The van der Waals surface area contributed by atoms with Gasteiger partial charge in [0.25, 0.3) is 0 Å². The Morgan fingerprint density at radius 3 is 2.67 bits per heavy atom. The smallest absolute Gasteiger partial charge is 0.308 e. The number of aliphatic carboxylic acids is 1. The van der Waals surface area contributed by atoms with Crippen LogP contribution in [0.1, 0.15) is 25.7 Å². The first-order valence-corrected chi connectivity index (χ1v) is 8.82. The van der Waals surface area contributed by atoms with Crippen LogP contribution in [0.2, 0.25) is 5.02 Å². The summed E-state index contributed by atoms with van der Waals surface area (Å²) >= 11 is 6.01. The summed E-state index contributed by atoms with van der Waals surface area (Å²) in [5, 5.41) is 9.91. The van der Waals surface area contributed by atoms with Gasteiger partial charge in [-0.25, -0.2) is 0 Å². The Morgan fingerprint density at radius 1 is 1.25 bits per heavy atom. The summed E-state index contributed by atoms with van der Waals surface area (Å²) in [5.41, 5.74) is 0. The SMILES string of the molecule is O=C(O)[C@H]1CN(C(=O)CCCOc2ccccc2Cl)C[C@@H]1C1CC1. The first-order valence-electron chi connectivity index (χ1n) is 8.44. The molecule has 130 valence electrons. The summed E-state index contributed by atoms with van der Waals surface area (Å²) in [6.07, 6.45) is 3.16. The van der Waals surface area contributed by atoms with Gasteiger partial charge in [0.2, 0.25) is 5.91 Å². The van der Waals surface area contributed by atoms with E-state index in [0.29, 0.717) is 49.2 Å². The van der Waals surface area contributed by atoms with Crippen LogP contribution in [0.25, 0.3) is 0 Å². The minimum absolute atomic E-state index is 0.0205. The number of halogens is 1. The Balaban J connectivity index is 1.44. The molecule has 6 heteroatoms. The number of amides is 1. The molecule has 2 fully saturated rings. The van der Waals surface area contributed by atoms with Crippen LogP contribution in [0.5, 0.6) is 5.75 Å². The molecule has 1 aromatic rings. The molecule has 1 saturated heterocycles. The van der Waals surface area contributed by atoms with E-state index in [4.69, 9.17) is 16.3 Å². The predicted octanol–water partition coefficient (Wildman–Crippen LogP) is 3.07. The van der Waals surface area contributed by atoms with Crippen molar-refractivity contribution in [3.05, 3.63) is 29.3 Å². The summed E-state index contributed by atoms with van der Waals surface area (Å²) in [6.45, 7) is 1.35. The topological polar surface area (TPSA) is 66.8 Å². The van der Waals surface area contributed by atoms with Gasteiger partial charge in [-0.05, 0) is 43.2 Å². The average Bonchev–Trinajstić information content (AvgIpc) is 3.30. The van der Waals surface area contributed by atoms with Crippen molar-refractivity contribution in [2.24, 2.45) is 17.8 Å². The van der Waals surface area contributed by atoms with E-state index in [1.165, 1.54) is 0 Å². The Bertz CT molecular complexity index is 617. The summed E-state index contributed by atoms with van der Waals surface area (Å²) in [7, 11) is 0. The number of ether oxygens (including phenoxy) is 1. The van der Waals surface area contributed by atoms with Gasteiger partial charge in [-0.2, -0.15) is 0 Å². The van der Waals surface area contributed by atoms with Gasteiger partial charge in [-0.3, -0.25) is 9.59 Å². The maximum atomic E-state index is 12.3. The summed E-state index contributed by atoms with van der Waals surface area (Å²) in [6, 6.07) is 7.24. The first kappa shape index (κ1) is 17.1. The van der Waals surface area contributed by atoms with Crippen molar-refractivity contribution in [3.8, 4) is 5.75 Å². The van der Waals surface area contributed by atoms with Crippen LogP contribution in [0.3, 0.4) is 0 Å². The number of carboxylic acid groups (broad SMARTS) is 1. The number of hydrogen-bond acceptors (Lipinski definition) is 3. The molecule has 1 amide bonds. The molecule has 1 saturated carbocycles. The molecule has 2 atom stereocenters. The third-order valence-electron chi connectivity index (χ3n) is 4.89. The molecular formula is C18H22ClNO4. The van der Waals surface area contributed by atoms with Crippen LogP contribution in [-0.2, 0) is 9.59 Å². The minimum Gasteiger partial charge on any atom is -0.492 e. The molecule has 2 aliphatic rings. The van der Waals surface area contributed by atoms with Gasteiger partial charge in [0, 0.05) is 19.5 Å². The quantitative estimate of drug-likeness (QED) is 0.767. The molecule has 1 aromatic carbocycles. The second-order valence-corrected chi connectivity index (χ2v) is 7.03. The monoisotopic (exact) mass is 351 g/mol. The van der Waals surface area contributed by atoms with Crippen LogP contribution >= 0.6 is 11.6 Å². The fourth-order valence-corrected chi connectivity index (χ4v) is 3.61. The molecule has 3 rings (SSSR count). The van der Waals surface area contributed by atoms with E-state index in [1.54, 1.807) is 17.0 Å². The lowest BCUT2D eigenvalue weighted by Gasteiger charge is -2.16. The highest BCUT2D eigenvalue weighted by atomic mass is 35.5. The number of carbonyl (C=O) groups is 2. The fourth-order valence-electron chi connectivity index (χ4n) is 3.42. The molecule has 0 unspecified atom stereocenters. The summed E-state index contributed by atoms with van der Waals surface area (Å²) < 4.78 is 5.58. The molecule has 1 heterocycles. The molecule has 1 aliphatic carbocycles. The minimum atomic E-state index is -0.774. The number of carbonyl (C=O) groups excluding carboxylic acids is 1. The predicted molar refractivity (Wildman–Crippen MR) is 90.1 cm³/mol. The van der Waals surface area contributed by atoms with Crippen molar-refractivity contribution in [1.82, 2.24) is 4.90 Å². The van der Waals surface area contributed by atoms with E-state index < -0.39 is 11.9 Å². The molecule has 1 aliphatic heterocycles. The van der Waals surface area contributed by atoms with Gasteiger partial charge in [-0.1, -0.05) is 23.7 Å². The largest absolute Gasteiger partial charge is 0.492 e. The third kappa shape index (κ3) is 4.01. The van der Waals surface area contributed by atoms with Crippen molar-refractivity contribution >= 4 is 23.5 Å². The van der Waals surface area contributed by atoms with Crippen LogP contribution in [0, 0.1) is 17.8 Å². The average molecular weight is 352 g/mol. The van der Waals surface area contributed by atoms with E-state index in [-0.39, 0.29) is 11.8 Å².